The summed E-state index contributed by atoms with van der Waals surface area (Å²) in [5.41, 5.74) is 19.3. The highest BCUT2D eigenvalue weighted by Gasteiger charge is 2.20. The van der Waals surface area contributed by atoms with Crippen LogP contribution in [0.1, 0.15) is 70.7 Å². The molecule has 8 aromatic carbocycles. The Labute approximate surface area is 654 Å². The van der Waals surface area contributed by atoms with Crippen LogP contribution in [0, 0.1) is 46.0 Å². The van der Waals surface area contributed by atoms with Crippen molar-refractivity contribution in [2.75, 3.05) is 6.61 Å². The normalized spacial score (nSPS) is 11.3. The van der Waals surface area contributed by atoms with Crippen molar-refractivity contribution in [2.45, 2.75) is 77.8 Å². The quantitative estimate of drug-likeness (QED) is 0.0299. The lowest BCUT2D eigenvalue weighted by Gasteiger charge is -2.15. The van der Waals surface area contributed by atoms with Crippen LogP contribution in [0.25, 0.3) is 0 Å². The highest BCUT2D eigenvalue weighted by molar-refractivity contribution is 14.1. The molecule has 0 aliphatic heterocycles. The average Bonchev–Trinajstić information content (AvgIpc) is 1.000. The Balaban J connectivity index is 0.000000223. The predicted molar refractivity (Wildman–Crippen MR) is 427 cm³/mol. The minimum Gasteiger partial charge on any atom is -0.508 e. The third-order valence-electron chi connectivity index (χ3n) is 12.9. The highest BCUT2D eigenvalue weighted by Crippen LogP contribution is 2.39. The number of phenols is 4. The van der Waals surface area contributed by atoms with E-state index in [0.717, 1.165) is 72.5 Å². The molecule has 12 N–H and O–H groups in total. The van der Waals surface area contributed by atoms with Gasteiger partial charge < -0.3 is 71.3 Å². The van der Waals surface area contributed by atoms with E-state index in [1.54, 1.807) is 60.7 Å². The Kier molecular flexibility index (Phi) is 32.6. The second kappa shape index (κ2) is 37.9. The number of nitrogens with two attached hydrogens (primary N) is 2. The number of aryl methyl sites for hydroxylation is 3. The Morgan fingerprint density at radius 2 is 0.859 bits per heavy atom. The lowest BCUT2D eigenvalue weighted by atomic mass is 9.93. The highest BCUT2D eigenvalue weighted by atomic mass is 127. The van der Waals surface area contributed by atoms with Gasteiger partial charge in [-0.2, -0.15) is 0 Å². The summed E-state index contributed by atoms with van der Waals surface area (Å²) < 4.78 is 30.4. The van der Waals surface area contributed by atoms with Crippen LogP contribution in [0.5, 0.6) is 63.2 Å². The summed E-state index contributed by atoms with van der Waals surface area (Å²) in [6, 6.07) is 34.0. The van der Waals surface area contributed by atoms with Crippen LogP contribution in [0.2, 0.25) is 0 Å². The number of carboxylic acids is 4. The van der Waals surface area contributed by atoms with E-state index in [1.165, 1.54) is 5.56 Å². The van der Waals surface area contributed by atoms with Crippen molar-refractivity contribution in [3.05, 3.63) is 198 Å². The molecule has 0 fully saturated rings. The topological polar surface area (TPSA) is 319 Å². The Bertz CT molecular complexity index is 3850. The monoisotopic (exact) mass is 2270 g/mol. The van der Waals surface area contributed by atoms with E-state index in [-0.39, 0.29) is 49.0 Å². The number of hydrogen-bond donors (Lipinski definition) is 10. The van der Waals surface area contributed by atoms with Gasteiger partial charge in [-0.1, -0.05) is 26.0 Å². The number of halogens is 9. The molecule has 0 amide bonds. The molecule has 0 saturated heterocycles. The molecule has 0 aromatic heterocycles. The average molecular weight is 2270 g/mol. The van der Waals surface area contributed by atoms with Crippen LogP contribution >= 0.6 is 203 Å². The summed E-state index contributed by atoms with van der Waals surface area (Å²) in [5.74, 6) is 2.01. The van der Waals surface area contributed by atoms with Gasteiger partial charge in [-0.3, -0.25) is 14.4 Å². The van der Waals surface area contributed by atoms with Crippen LogP contribution in [0.15, 0.2) is 121 Å². The molecule has 92 heavy (non-hydrogen) atoms. The summed E-state index contributed by atoms with van der Waals surface area (Å²) in [6.07, 6.45) is 1.90. The number of carboxylic acid groups (broad SMARTS) is 4. The number of carbonyl (C=O) groups is 4. The van der Waals surface area contributed by atoms with Crippen molar-refractivity contribution < 1.29 is 79.0 Å². The van der Waals surface area contributed by atoms with Gasteiger partial charge in [-0.25, -0.2) is 4.79 Å². The number of benzene rings is 8. The molecule has 488 valence electrons. The van der Waals surface area contributed by atoms with Crippen LogP contribution in [0.3, 0.4) is 0 Å². The van der Waals surface area contributed by atoms with Crippen molar-refractivity contribution in [3.63, 3.8) is 0 Å². The molecular weight excluding hydrogens is 2210 g/mol. The molecule has 0 heterocycles. The number of ether oxygens (including phenoxy) is 4. The van der Waals surface area contributed by atoms with Gasteiger partial charge >= 0.3 is 23.9 Å². The zero-order chi connectivity index (χ0) is 68.4. The van der Waals surface area contributed by atoms with Crippen LogP contribution in [0.4, 0.5) is 0 Å². The molecule has 2 unspecified atom stereocenters. The van der Waals surface area contributed by atoms with Gasteiger partial charge in [0.2, 0.25) is 0 Å². The Hall–Kier alpha value is -3.47. The van der Waals surface area contributed by atoms with E-state index < -0.39 is 36.0 Å². The van der Waals surface area contributed by atoms with Crippen molar-refractivity contribution in [1.82, 2.24) is 0 Å². The fourth-order valence-electron chi connectivity index (χ4n) is 8.30. The van der Waals surface area contributed by atoms with Crippen molar-refractivity contribution in [3.8, 4) is 63.2 Å². The standard InChI is InChI=1S/C20H24O4.C15H11I4NO4.C15H12I3NO4.C15H12I2O4/c1-12(2)17-9-15(5-6-19(17)21)10-18-13(3)7-16(8-14(18)4)24-11-20(22)23;16-8-4-7(5-9(17)13(8)21)24-14-10(18)1-6(2-11(14)19)3-12(20)15(22)23;16-9-6-8(1-2-13(9)20)23-14-10(17)3-7(4-11(14)18)5-12(19)15(21)22;16-12-7-9(1-6-14(19)20)8-13(17)15(12)21-11-4-2-10(18)3-5-11/h5-9,12,21H,10-11H2,1-4H3,(H,22,23);1-2,4-5,12,21H,3,20H2,(H,22,23);1-4,6,12,20H,5,19H2,(H,21,22);2-5,7-8,18H,1,6H2,(H,19,20). The molecular formula is C65H59I9N2O16. The first kappa shape index (κ1) is 79.2. The SMILES string of the molecule is Cc1cc(OCC(=O)O)cc(C)c1Cc1ccc(O)c(C(C)C)c1.NC(Cc1cc(I)c(Oc2cc(I)c(O)c(I)c2)c(I)c1)C(=O)O.NC(Cc1cc(I)c(Oc2ccc(O)c(I)c2)c(I)c1)C(=O)O.O=C(O)CCc1cc(I)c(Oc2ccc(O)cc2)c(I)c1. The van der Waals surface area contributed by atoms with Gasteiger partial charge in [0.25, 0.3) is 0 Å². The van der Waals surface area contributed by atoms with Crippen molar-refractivity contribution in [2.24, 2.45) is 11.5 Å². The summed E-state index contributed by atoms with van der Waals surface area (Å²) in [6.45, 7) is 7.78. The molecule has 8 aromatic rings. The third-order valence-corrected chi connectivity index (χ3v) is 20.2. The lowest BCUT2D eigenvalue weighted by Crippen LogP contribution is -2.32. The van der Waals surface area contributed by atoms with E-state index in [0.29, 0.717) is 57.4 Å². The van der Waals surface area contributed by atoms with E-state index >= 15 is 0 Å². The molecule has 0 radical (unpaired) electrons. The molecule has 27 heteroatoms. The number of aliphatic carboxylic acids is 4. The summed E-state index contributed by atoms with van der Waals surface area (Å²) in [5, 5.41) is 73.9. The van der Waals surface area contributed by atoms with Crippen molar-refractivity contribution >= 4 is 227 Å². The van der Waals surface area contributed by atoms with E-state index in [2.05, 4.69) is 195 Å². The second-order valence-corrected chi connectivity index (χ2v) is 30.9. The molecule has 2 atom stereocenters. The molecule has 18 nitrogen and oxygen atoms in total. The molecule has 0 aliphatic carbocycles. The number of hydrogen-bond acceptors (Lipinski definition) is 14. The smallest absolute Gasteiger partial charge is 0.341 e. The van der Waals surface area contributed by atoms with E-state index in [9.17, 15) is 39.6 Å². The fraction of sp³-hybridized carbons (Fsp3) is 0.200. The second-order valence-electron chi connectivity index (χ2n) is 20.4. The van der Waals surface area contributed by atoms with E-state index in [4.69, 9.17) is 50.8 Å². The van der Waals surface area contributed by atoms with E-state index in [1.807, 2.05) is 97.1 Å². The van der Waals surface area contributed by atoms with Gasteiger partial charge in [-0.05, 0) is 402 Å². The summed E-state index contributed by atoms with van der Waals surface area (Å²) >= 11 is 19.1. The maximum absolute atomic E-state index is 10.9. The van der Waals surface area contributed by atoms with Gasteiger partial charge in [0, 0.05) is 6.42 Å². The zero-order valence-corrected chi connectivity index (χ0v) is 68.3. The maximum atomic E-state index is 10.9. The molecule has 0 spiro atoms. The first-order chi connectivity index (χ1) is 43.2. The molecule has 8 rings (SSSR count). The van der Waals surface area contributed by atoms with Crippen molar-refractivity contribution in [1.29, 1.82) is 0 Å². The fourth-order valence-corrected chi connectivity index (χ4v) is 16.9. The predicted octanol–water partition coefficient (Wildman–Crippen LogP) is 17.1. The maximum Gasteiger partial charge on any atom is 0.341 e. The number of phenolic OH excluding ortho intramolecular Hbond substituents is 4. The summed E-state index contributed by atoms with van der Waals surface area (Å²) in [4.78, 5) is 43.0. The molecule has 0 bridgehead atoms. The lowest BCUT2D eigenvalue weighted by molar-refractivity contribution is -0.140. The van der Waals surface area contributed by atoms with Gasteiger partial charge in [-0.15, -0.1) is 0 Å². The number of aromatic hydroxyl groups is 4. The minimum absolute atomic E-state index is 0.115. The summed E-state index contributed by atoms with van der Waals surface area (Å²) in [7, 11) is 0. The molecule has 0 aliphatic rings. The van der Waals surface area contributed by atoms with Gasteiger partial charge in [0.15, 0.2) is 23.9 Å². The number of rotatable bonds is 21. The minimum atomic E-state index is -1.02. The zero-order valence-electron chi connectivity index (χ0n) is 48.9. The van der Waals surface area contributed by atoms with Gasteiger partial charge in [0.05, 0.1) is 32.1 Å². The first-order valence-electron chi connectivity index (χ1n) is 27.1. The Morgan fingerprint density at radius 1 is 0.446 bits per heavy atom. The Morgan fingerprint density at radius 3 is 1.28 bits per heavy atom. The molecule has 0 saturated carbocycles. The van der Waals surface area contributed by atoms with Crippen LogP contribution < -0.4 is 30.4 Å². The van der Waals surface area contributed by atoms with Crippen LogP contribution in [-0.4, -0.2) is 83.4 Å². The first-order valence-corrected chi connectivity index (χ1v) is 36.8. The van der Waals surface area contributed by atoms with Gasteiger partial charge in [0.1, 0.15) is 58.1 Å². The largest absolute Gasteiger partial charge is 0.508 e. The van der Waals surface area contributed by atoms with Crippen LogP contribution in [-0.2, 0) is 44.9 Å². The third kappa shape index (κ3) is 25.2.